The van der Waals surface area contributed by atoms with Gasteiger partial charge in [-0.2, -0.15) is 8.78 Å². The lowest BCUT2D eigenvalue weighted by atomic mass is 10.2. The molecule has 3 nitrogen and oxygen atoms in total. The van der Waals surface area contributed by atoms with Gasteiger partial charge in [0, 0.05) is 18.2 Å². The lowest BCUT2D eigenvalue weighted by molar-refractivity contribution is -0.0522. The molecule has 2 N–H and O–H groups in total. The van der Waals surface area contributed by atoms with Crippen molar-refractivity contribution in [3.8, 4) is 17.2 Å². The molecule has 0 saturated carbocycles. The van der Waals surface area contributed by atoms with Gasteiger partial charge < -0.3 is 15.2 Å². The van der Waals surface area contributed by atoms with Gasteiger partial charge in [-0.15, -0.1) is 0 Å². The molecule has 0 aromatic heterocycles. The second kappa shape index (κ2) is 5.86. The van der Waals surface area contributed by atoms with Gasteiger partial charge in [0.05, 0.1) is 5.69 Å². The molecule has 0 radical (unpaired) electrons. The molecule has 21 heavy (non-hydrogen) atoms. The molecule has 2 aromatic rings. The largest absolute Gasteiger partial charge is 0.452 e. The van der Waals surface area contributed by atoms with Crippen molar-refractivity contribution in [2.75, 3.05) is 5.73 Å². The van der Waals surface area contributed by atoms with Crippen molar-refractivity contribution in [3.63, 3.8) is 0 Å². The summed E-state index contributed by atoms with van der Waals surface area (Å²) < 4.78 is 72.7. The third-order valence-electron chi connectivity index (χ3n) is 2.39. The van der Waals surface area contributed by atoms with Gasteiger partial charge in [0.15, 0.2) is 28.9 Å². The monoisotopic (exact) mass is 305 g/mol. The summed E-state index contributed by atoms with van der Waals surface area (Å²) in [6, 6.07) is 3.90. The summed E-state index contributed by atoms with van der Waals surface area (Å²) in [7, 11) is 0. The zero-order valence-electron chi connectivity index (χ0n) is 10.2. The van der Waals surface area contributed by atoms with E-state index in [-0.39, 0.29) is 11.4 Å². The maximum Gasteiger partial charge on any atom is 0.387 e. The number of hydrogen-bond acceptors (Lipinski definition) is 3. The van der Waals surface area contributed by atoms with Crippen LogP contribution in [-0.2, 0) is 0 Å². The van der Waals surface area contributed by atoms with Crippen molar-refractivity contribution in [2.45, 2.75) is 6.61 Å². The van der Waals surface area contributed by atoms with Crippen molar-refractivity contribution < 1.29 is 31.4 Å². The van der Waals surface area contributed by atoms with Crippen LogP contribution in [0, 0.1) is 17.5 Å². The van der Waals surface area contributed by atoms with Crippen molar-refractivity contribution in [3.05, 3.63) is 47.8 Å². The minimum Gasteiger partial charge on any atom is -0.452 e. The van der Waals surface area contributed by atoms with E-state index in [2.05, 4.69) is 4.74 Å². The Morgan fingerprint density at radius 1 is 0.857 bits per heavy atom. The van der Waals surface area contributed by atoms with Crippen LogP contribution >= 0.6 is 0 Å². The van der Waals surface area contributed by atoms with Gasteiger partial charge in [0.1, 0.15) is 5.82 Å². The summed E-state index contributed by atoms with van der Waals surface area (Å²) in [5, 5.41) is 0. The van der Waals surface area contributed by atoms with E-state index < -0.39 is 35.6 Å². The normalized spacial score (nSPS) is 10.8. The molecular weight excluding hydrogens is 297 g/mol. The van der Waals surface area contributed by atoms with Gasteiger partial charge in [0.2, 0.25) is 0 Å². The van der Waals surface area contributed by atoms with Crippen molar-refractivity contribution in [1.29, 1.82) is 0 Å². The number of nitrogen functional groups attached to an aromatic ring is 1. The van der Waals surface area contributed by atoms with E-state index in [9.17, 15) is 22.0 Å². The molecule has 0 aliphatic carbocycles. The van der Waals surface area contributed by atoms with Crippen LogP contribution in [0.2, 0.25) is 0 Å². The standard InChI is InChI=1S/C13H8F5NO2/c14-6-1-2-10(7(15)3-6)20-12-5-11(21-13(17)18)8(16)4-9(12)19/h1-5,13H,19H2. The highest BCUT2D eigenvalue weighted by Gasteiger charge is 2.16. The molecule has 0 aliphatic rings. The molecule has 0 amide bonds. The second-order valence-corrected chi connectivity index (χ2v) is 3.88. The molecule has 0 heterocycles. The Morgan fingerprint density at radius 3 is 2.14 bits per heavy atom. The summed E-state index contributed by atoms with van der Waals surface area (Å²) in [6.07, 6.45) is 0. The van der Waals surface area contributed by atoms with Gasteiger partial charge >= 0.3 is 6.61 Å². The average Bonchev–Trinajstić information content (AvgIpc) is 2.37. The first-order chi connectivity index (χ1) is 9.86. The Balaban J connectivity index is 2.34. The minimum absolute atomic E-state index is 0.266. The fourth-order valence-electron chi connectivity index (χ4n) is 1.50. The lowest BCUT2D eigenvalue weighted by Crippen LogP contribution is -2.05. The van der Waals surface area contributed by atoms with Crippen LogP contribution in [0.3, 0.4) is 0 Å². The molecule has 0 fully saturated rings. The maximum absolute atomic E-state index is 13.4. The number of alkyl halides is 2. The Labute approximate surface area is 115 Å². The Hall–Kier alpha value is -2.51. The van der Waals surface area contributed by atoms with E-state index in [1.807, 2.05) is 0 Å². The Kier molecular flexibility index (Phi) is 4.15. The van der Waals surface area contributed by atoms with Crippen LogP contribution in [0.5, 0.6) is 17.2 Å². The van der Waals surface area contributed by atoms with Crippen LogP contribution in [0.1, 0.15) is 0 Å². The molecular formula is C13H8F5NO2. The van der Waals surface area contributed by atoms with Gasteiger partial charge in [-0.05, 0) is 12.1 Å². The molecule has 0 bridgehead atoms. The fourth-order valence-corrected chi connectivity index (χ4v) is 1.50. The molecule has 0 unspecified atom stereocenters. The smallest absolute Gasteiger partial charge is 0.387 e. The molecule has 0 aliphatic heterocycles. The van der Waals surface area contributed by atoms with Crippen molar-refractivity contribution in [1.82, 2.24) is 0 Å². The number of benzene rings is 2. The summed E-state index contributed by atoms with van der Waals surface area (Å²) in [5.74, 6) is -4.50. The molecule has 2 rings (SSSR count). The fraction of sp³-hybridized carbons (Fsp3) is 0.0769. The van der Waals surface area contributed by atoms with E-state index in [0.717, 1.165) is 18.2 Å². The molecule has 2 aromatic carbocycles. The summed E-state index contributed by atoms with van der Waals surface area (Å²) in [4.78, 5) is 0. The van der Waals surface area contributed by atoms with Crippen LogP contribution < -0.4 is 15.2 Å². The van der Waals surface area contributed by atoms with E-state index >= 15 is 0 Å². The number of hydrogen-bond donors (Lipinski definition) is 1. The van der Waals surface area contributed by atoms with Crippen molar-refractivity contribution in [2.24, 2.45) is 0 Å². The molecule has 0 spiro atoms. The van der Waals surface area contributed by atoms with Crippen LogP contribution in [-0.4, -0.2) is 6.61 Å². The number of halogens is 5. The first-order valence-corrected chi connectivity index (χ1v) is 5.53. The number of ether oxygens (including phenoxy) is 2. The Bertz CT molecular complexity index is 663. The number of nitrogens with two attached hydrogens (primary N) is 1. The predicted octanol–water partition coefficient (Wildman–Crippen LogP) is 4.08. The molecule has 0 saturated heterocycles. The minimum atomic E-state index is -3.25. The average molecular weight is 305 g/mol. The zero-order valence-corrected chi connectivity index (χ0v) is 10.2. The molecule has 0 atom stereocenters. The quantitative estimate of drug-likeness (QED) is 0.684. The summed E-state index contributed by atoms with van der Waals surface area (Å²) in [5.41, 5.74) is 5.18. The van der Waals surface area contributed by atoms with Crippen molar-refractivity contribution >= 4 is 5.69 Å². The number of anilines is 1. The highest BCUT2D eigenvalue weighted by atomic mass is 19.3. The third kappa shape index (κ3) is 3.53. The summed E-state index contributed by atoms with van der Waals surface area (Å²) in [6.45, 7) is -3.25. The Morgan fingerprint density at radius 2 is 1.52 bits per heavy atom. The maximum atomic E-state index is 13.4. The van der Waals surface area contributed by atoms with Gasteiger partial charge in [0.25, 0.3) is 0 Å². The second-order valence-electron chi connectivity index (χ2n) is 3.88. The van der Waals surface area contributed by atoms with Crippen LogP contribution in [0.4, 0.5) is 27.6 Å². The summed E-state index contributed by atoms with van der Waals surface area (Å²) >= 11 is 0. The van der Waals surface area contributed by atoms with Gasteiger partial charge in [-0.1, -0.05) is 0 Å². The SMILES string of the molecule is Nc1cc(F)c(OC(F)F)cc1Oc1ccc(F)cc1F. The van der Waals surface area contributed by atoms with E-state index in [4.69, 9.17) is 10.5 Å². The number of rotatable bonds is 4. The van der Waals surface area contributed by atoms with Crippen LogP contribution in [0.15, 0.2) is 30.3 Å². The van der Waals surface area contributed by atoms with E-state index in [1.165, 1.54) is 0 Å². The predicted molar refractivity (Wildman–Crippen MR) is 63.9 cm³/mol. The third-order valence-corrected chi connectivity index (χ3v) is 2.39. The molecule has 8 heteroatoms. The molecule has 112 valence electrons. The van der Waals surface area contributed by atoms with E-state index in [1.54, 1.807) is 0 Å². The first-order valence-electron chi connectivity index (χ1n) is 5.53. The topological polar surface area (TPSA) is 44.5 Å². The van der Waals surface area contributed by atoms with Gasteiger partial charge in [-0.25, -0.2) is 13.2 Å². The highest BCUT2D eigenvalue weighted by molar-refractivity contribution is 5.57. The zero-order chi connectivity index (χ0) is 15.6. The lowest BCUT2D eigenvalue weighted by Gasteiger charge is -2.12. The van der Waals surface area contributed by atoms with Gasteiger partial charge in [-0.3, -0.25) is 0 Å². The van der Waals surface area contributed by atoms with Crippen LogP contribution in [0.25, 0.3) is 0 Å². The highest BCUT2D eigenvalue weighted by Crippen LogP contribution is 2.35. The first kappa shape index (κ1) is 14.9. The van der Waals surface area contributed by atoms with E-state index in [0.29, 0.717) is 12.1 Å².